The first-order valence-electron chi connectivity index (χ1n) is 11.4. The normalized spacial score (nSPS) is 13.8. The number of carbonyl (C=O) groups is 1. The second-order valence-electron chi connectivity index (χ2n) is 8.09. The lowest BCUT2D eigenvalue weighted by Crippen LogP contribution is -2.40. The number of nitriles is 1. The predicted molar refractivity (Wildman–Crippen MR) is 132 cm³/mol. The van der Waals surface area contributed by atoms with Gasteiger partial charge in [-0.05, 0) is 44.0 Å². The first kappa shape index (κ1) is 26.3. The Morgan fingerprint density at radius 1 is 1.29 bits per heavy atom. The number of pyridine rings is 2. The SMILES string of the molecule is CNC(C)c1cc2c(nc1C(OC)OC)N(C(=O)Nc1cc(NCCOC)c(C#N)cn1)CCC2. The lowest BCUT2D eigenvalue weighted by atomic mass is 9.98. The number of ether oxygens (including phenoxy) is 3. The maximum Gasteiger partial charge on any atom is 0.328 e. The van der Waals surface area contributed by atoms with Crippen molar-refractivity contribution in [3.8, 4) is 6.07 Å². The van der Waals surface area contributed by atoms with Crippen LogP contribution in [0.1, 0.15) is 48.1 Å². The molecular formula is C24H33N7O4. The molecule has 0 saturated carbocycles. The third-order valence-corrected chi connectivity index (χ3v) is 5.90. The standard InChI is InChI=1S/C24H33N7O4/c1-15(26-2)18-11-16-7-6-9-31(22(16)30-21(18)23(34-4)35-5)24(32)29-20-12-19(27-8-10-33-3)17(13-25)14-28-20/h11-12,14-15,23,26H,6-10H2,1-5H3,(H2,27,28,29,32). The predicted octanol–water partition coefficient (Wildman–Crippen LogP) is 2.96. The first-order valence-corrected chi connectivity index (χ1v) is 11.4. The second-order valence-corrected chi connectivity index (χ2v) is 8.09. The van der Waals surface area contributed by atoms with Crippen molar-refractivity contribution >= 4 is 23.4 Å². The number of nitrogens with one attached hydrogen (secondary N) is 3. The number of aryl methyl sites for hydroxylation is 1. The molecule has 3 N–H and O–H groups in total. The summed E-state index contributed by atoms with van der Waals surface area (Å²) < 4.78 is 16.0. The van der Waals surface area contributed by atoms with Crippen LogP contribution < -0.4 is 20.9 Å². The van der Waals surface area contributed by atoms with E-state index in [1.54, 1.807) is 32.3 Å². The summed E-state index contributed by atoms with van der Waals surface area (Å²) in [7, 11) is 6.60. The molecule has 3 heterocycles. The molecule has 1 unspecified atom stereocenters. The molecule has 3 rings (SSSR count). The average Bonchev–Trinajstić information content (AvgIpc) is 2.88. The van der Waals surface area contributed by atoms with E-state index in [4.69, 9.17) is 19.2 Å². The van der Waals surface area contributed by atoms with Crippen molar-refractivity contribution in [1.82, 2.24) is 15.3 Å². The minimum Gasteiger partial charge on any atom is -0.383 e. The van der Waals surface area contributed by atoms with Crippen LogP contribution >= 0.6 is 0 Å². The van der Waals surface area contributed by atoms with Crippen molar-refractivity contribution in [3.05, 3.63) is 40.7 Å². The Morgan fingerprint density at radius 3 is 2.71 bits per heavy atom. The maximum absolute atomic E-state index is 13.3. The molecule has 0 aliphatic carbocycles. The molecule has 11 heteroatoms. The number of rotatable bonds is 10. The summed E-state index contributed by atoms with van der Waals surface area (Å²) in [6.45, 7) is 3.54. The van der Waals surface area contributed by atoms with Gasteiger partial charge >= 0.3 is 6.03 Å². The van der Waals surface area contributed by atoms with E-state index in [9.17, 15) is 10.1 Å². The molecule has 188 valence electrons. The molecule has 35 heavy (non-hydrogen) atoms. The largest absolute Gasteiger partial charge is 0.383 e. The summed E-state index contributed by atoms with van der Waals surface area (Å²) in [5, 5.41) is 18.6. The van der Waals surface area contributed by atoms with Crippen LogP contribution in [0.4, 0.5) is 22.1 Å². The number of nitrogens with zero attached hydrogens (tertiary/aromatic N) is 4. The van der Waals surface area contributed by atoms with Gasteiger partial charge in [-0.25, -0.2) is 14.8 Å². The summed E-state index contributed by atoms with van der Waals surface area (Å²) >= 11 is 0. The highest BCUT2D eigenvalue weighted by Crippen LogP contribution is 2.33. The summed E-state index contributed by atoms with van der Waals surface area (Å²) in [5.41, 5.74) is 3.51. The van der Waals surface area contributed by atoms with E-state index < -0.39 is 6.29 Å². The van der Waals surface area contributed by atoms with Gasteiger partial charge in [0.25, 0.3) is 0 Å². The van der Waals surface area contributed by atoms with Crippen molar-refractivity contribution in [1.29, 1.82) is 5.26 Å². The quantitative estimate of drug-likeness (QED) is 0.344. The molecule has 0 aromatic carbocycles. The number of hydrogen-bond acceptors (Lipinski definition) is 9. The Bertz CT molecular complexity index is 1070. The molecule has 1 aliphatic heterocycles. The van der Waals surface area contributed by atoms with Gasteiger partial charge in [0.2, 0.25) is 6.29 Å². The molecular weight excluding hydrogens is 450 g/mol. The van der Waals surface area contributed by atoms with Gasteiger partial charge in [0, 0.05) is 52.7 Å². The maximum atomic E-state index is 13.3. The summed E-state index contributed by atoms with van der Waals surface area (Å²) in [6, 6.07) is 5.47. The smallest absolute Gasteiger partial charge is 0.328 e. The van der Waals surface area contributed by atoms with Crippen LogP contribution in [-0.4, -0.2) is 64.1 Å². The minimum atomic E-state index is -0.668. The lowest BCUT2D eigenvalue weighted by Gasteiger charge is -2.31. The van der Waals surface area contributed by atoms with Crippen LogP contribution in [0.15, 0.2) is 18.3 Å². The Balaban J connectivity index is 1.91. The van der Waals surface area contributed by atoms with E-state index in [0.29, 0.717) is 48.3 Å². The number of hydrogen-bond donors (Lipinski definition) is 3. The number of anilines is 3. The fraction of sp³-hybridized carbons (Fsp3) is 0.500. The van der Waals surface area contributed by atoms with Crippen LogP contribution in [0.5, 0.6) is 0 Å². The zero-order valence-electron chi connectivity index (χ0n) is 20.8. The fourth-order valence-electron chi connectivity index (χ4n) is 3.96. The minimum absolute atomic E-state index is 0.0201. The van der Waals surface area contributed by atoms with Crippen LogP contribution in [0, 0.1) is 11.3 Å². The fourth-order valence-corrected chi connectivity index (χ4v) is 3.96. The summed E-state index contributed by atoms with van der Waals surface area (Å²) in [6.07, 6.45) is 2.37. The van der Waals surface area contributed by atoms with Gasteiger partial charge in [0.05, 0.1) is 17.9 Å². The van der Waals surface area contributed by atoms with Gasteiger partial charge < -0.3 is 24.8 Å². The zero-order valence-corrected chi connectivity index (χ0v) is 20.8. The highest BCUT2D eigenvalue weighted by molar-refractivity contribution is 6.01. The molecule has 2 aromatic rings. The molecule has 0 saturated heterocycles. The van der Waals surface area contributed by atoms with E-state index in [1.165, 1.54) is 6.20 Å². The Hall–Kier alpha value is -3.30. The third-order valence-electron chi connectivity index (χ3n) is 5.90. The molecule has 2 amide bonds. The molecule has 0 bridgehead atoms. The molecule has 0 radical (unpaired) electrons. The van der Waals surface area contributed by atoms with Crippen LogP contribution in [0.2, 0.25) is 0 Å². The topological polar surface area (TPSA) is 134 Å². The number of methoxy groups -OCH3 is 3. The van der Waals surface area contributed by atoms with Crippen molar-refractivity contribution in [2.45, 2.75) is 32.1 Å². The Labute approximate surface area is 205 Å². The van der Waals surface area contributed by atoms with E-state index in [0.717, 1.165) is 24.0 Å². The van der Waals surface area contributed by atoms with Gasteiger partial charge in [-0.3, -0.25) is 10.2 Å². The van der Waals surface area contributed by atoms with Crippen molar-refractivity contribution in [2.75, 3.05) is 63.6 Å². The van der Waals surface area contributed by atoms with Gasteiger partial charge in [-0.15, -0.1) is 0 Å². The lowest BCUT2D eigenvalue weighted by molar-refractivity contribution is -0.109. The number of aromatic nitrogens is 2. The van der Waals surface area contributed by atoms with E-state index >= 15 is 0 Å². The zero-order chi connectivity index (χ0) is 25.4. The Morgan fingerprint density at radius 2 is 2.06 bits per heavy atom. The number of fused-ring (bicyclic) bond motifs is 1. The number of amides is 2. The van der Waals surface area contributed by atoms with E-state index in [-0.39, 0.29) is 12.1 Å². The average molecular weight is 484 g/mol. The van der Waals surface area contributed by atoms with Crippen LogP contribution in [0.3, 0.4) is 0 Å². The first-order chi connectivity index (χ1) is 17.0. The van der Waals surface area contributed by atoms with Gasteiger partial charge in [0.1, 0.15) is 23.4 Å². The number of carbonyl (C=O) groups excluding carboxylic acids is 1. The highest BCUT2D eigenvalue weighted by Gasteiger charge is 2.29. The molecule has 1 aliphatic rings. The second kappa shape index (κ2) is 12.4. The van der Waals surface area contributed by atoms with Crippen molar-refractivity contribution in [2.24, 2.45) is 0 Å². The summed E-state index contributed by atoms with van der Waals surface area (Å²) in [5.74, 6) is 0.898. The number of urea groups is 1. The van der Waals surface area contributed by atoms with Gasteiger partial charge in [-0.2, -0.15) is 5.26 Å². The van der Waals surface area contributed by atoms with E-state index in [2.05, 4.69) is 33.1 Å². The van der Waals surface area contributed by atoms with Crippen LogP contribution in [-0.2, 0) is 20.6 Å². The molecule has 0 fully saturated rings. The van der Waals surface area contributed by atoms with Gasteiger partial charge in [0.15, 0.2) is 0 Å². The van der Waals surface area contributed by atoms with Gasteiger partial charge in [-0.1, -0.05) is 0 Å². The molecule has 1 atom stereocenters. The molecule has 11 nitrogen and oxygen atoms in total. The summed E-state index contributed by atoms with van der Waals surface area (Å²) in [4.78, 5) is 24.0. The van der Waals surface area contributed by atoms with Crippen molar-refractivity contribution < 1.29 is 19.0 Å². The van der Waals surface area contributed by atoms with Crippen molar-refractivity contribution in [3.63, 3.8) is 0 Å². The highest BCUT2D eigenvalue weighted by atomic mass is 16.7. The molecule has 2 aromatic heterocycles. The molecule has 0 spiro atoms. The monoisotopic (exact) mass is 483 g/mol. The van der Waals surface area contributed by atoms with E-state index in [1.807, 2.05) is 14.0 Å². The van der Waals surface area contributed by atoms with Crippen LogP contribution in [0.25, 0.3) is 0 Å². The third kappa shape index (κ3) is 6.04. The Kier molecular flexibility index (Phi) is 9.33.